The van der Waals surface area contributed by atoms with E-state index in [0.29, 0.717) is 0 Å². The van der Waals surface area contributed by atoms with Gasteiger partial charge >= 0.3 is 0 Å². The molecule has 0 spiro atoms. The van der Waals surface area contributed by atoms with Crippen molar-refractivity contribution in [1.29, 1.82) is 0 Å². The van der Waals surface area contributed by atoms with E-state index in [1.165, 1.54) is 16.5 Å². The minimum atomic E-state index is 1.10. The van der Waals surface area contributed by atoms with Crippen molar-refractivity contribution in [2.45, 2.75) is 0 Å². The average Bonchev–Trinajstić information content (AvgIpc) is 2.48. The molecule has 0 amide bonds. The molecule has 0 aromatic heterocycles. The number of rotatable bonds is 3. The van der Waals surface area contributed by atoms with Crippen LogP contribution in [0.2, 0.25) is 0 Å². The van der Waals surface area contributed by atoms with Gasteiger partial charge in [0.2, 0.25) is 0 Å². The number of fused-ring (bicyclic) bond motifs is 1. The summed E-state index contributed by atoms with van der Waals surface area (Å²) < 4.78 is 0. The van der Waals surface area contributed by atoms with Crippen molar-refractivity contribution in [3.05, 3.63) is 66.7 Å². The SMILES string of the molecule is CN(C)c1cccc(Nc2cccc3ccccc23)c1. The van der Waals surface area contributed by atoms with Gasteiger partial charge in [0.15, 0.2) is 0 Å². The van der Waals surface area contributed by atoms with Crippen LogP contribution >= 0.6 is 0 Å². The number of nitrogens with one attached hydrogen (secondary N) is 1. The molecule has 0 heterocycles. The van der Waals surface area contributed by atoms with Crippen LogP contribution in [0.4, 0.5) is 17.1 Å². The summed E-state index contributed by atoms with van der Waals surface area (Å²) in [5.74, 6) is 0. The van der Waals surface area contributed by atoms with Gasteiger partial charge < -0.3 is 10.2 Å². The summed E-state index contributed by atoms with van der Waals surface area (Å²) in [4.78, 5) is 2.11. The maximum Gasteiger partial charge on any atom is 0.0463 e. The molecule has 20 heavy (non-hydrogen) atoms. The van der Waals surface area contributed by atoms with Gasteiger partial charge in [0.05, 0.1) is 0 Å². The molecule has 0 aliphatic carbocycles. The fraction of sp³-hybridized carbons (Fsp3) is 0.111. The molecule has 1 N–H and O–H groups in total. The summed E-state index contributed by atoms with van der Waals surface area (Å²) >= 11 is 0. The van der Waals surface area contributed by atoms with Crippen molar-refractivity contribution in [2.24, 2.45) is 0 Å². The largest absolute Gasteiger partial charge is 0.378 e. The van der Waals surface area contributed by atoms with Crippen LogP contribution in [0.5, 0.6) is 0 Å². The molecule has 0 atom stereocenters. The van der Waals surface area contributed by atoms with Crippen LogP contribution in [-0.4, -0.2) is 14.1 Å². The van der Waals surface area contributed by atoms with Crippen LogP contribution in [0.25, 0.3) is 10.8 Å². The highest BCUT2D eigenvalue weighted by atomic mass is 15.1. The number of hydrogen-bond acceptors (Lipinski definition) is 2. The first-order chi connectivity index (χ1) is 9.74. The zero-order valence-electron chi connectivity index (χ0n) is 11.8. The van der Waals surface area contributed by atoms with Crippen LogP contribution in [0.15, 0.2) is 66.7 Å². The van der Waals surface area contributed by atoms with Gasteiger partial charge in [0, 0.05) is 36.5 Å². The normalized spacial score (nSPS) is 10.5. The smallest absolute Gasteiger partial charge is 0.0463 e. The van der Waals surface area contributed by atoms with E-state index in [-0.39, 0.29) is 0 Å². The van der Waals surface area contributed by atoms with Gasteiger partial charge in [-0.1, -0.05) is 42.5 Å². The quantitative estimate of drug-likeness (QED) is 0.739. The predicted octanol–water partition coefficient (Wildman–Crippen LogP) is 4.65. The molecule has 0 unspecified atom stereocenters. The molecule has 2 heteroatoms. The molecule has 0 aliphatic rings. The summed E-state index contributed by atoms with van der Waals surface area (Å²) in [5, 5.41) is 6.01. The Bertz CT molecular complexity index is 727. The molecule has 0 radical (unpaired) electrons. The molecule has 3 aromatic carbocycles. The fourth-order valence-electron chi connectivity index (χ4n) is 2.35. The molecule has 0 fully saturated rings. The summed E-state index contributed by atoms with van der Waals surface area (Å²) in [6.45, 7) is 0. The lowest BCUT2D eigenvalue weighted by Crippen LogP contribution is -2.08. The van der Waals surface area contributed by atoms with Gasteiger partial charge in [0.25, 0.3) is 0 Å². The predicted molar refractivity (Wildman–Crippen MR) is 88.0 cm³/mol. The van der Waals surface area contributed by atoms with Gasteiger partial charge in [-0.2, -0.15) is 0 Å². The highest BCUT2D eigenvalue weighted by molar-refractivity contribution is 5.95. The third kappa shape index (κ3) is 2.45. The molecule has 3 aromatic rings. The summed E-state index contributed by atoms with van der Waals surface area (Å²) in [5.41, 5.74) is 3.43. The topological polar surface area (TPSA) is 15.3 Å². The van der Waals surface area contributed by atoms with E-state index in [4.69, 9.17) is 0 Å². The Labute approximate surface area is 119 Å². The molecular weight excluding hydrogens is 244 g/mol. The molecular formula is C18H18N2. The van der Waals surface area contributed by atoms with Gasteiger partial charge in [-0.25, -0.2) is 0 Å². The van der Waals surface area contributed by atoms with Crippen LogP contribution in [0.3, 0.4) is 0 Å². The van der Waals surface area contributed by atoms with E-state index < -0.39 is 0 Å². The van der Waals surface area contributed by atoms with Crippen LogP contribution in [0, 0.1) is 0 Å². The van der Waals surface area contributed by atoms with Crippen molar-refractivity contribution >= 4 is 27.8 Å². The Kier molecular flexibility index (Phi) is 3.30. The first-order valence-electron chi connectivity index (χ1n) is 6.76. The maximum atomic E-state index is 3.52. The number of nitrogens with zero attached hydrogens (tertiary/aromatic N) is 1. The third-order valence-electron chi connectivity index (χ3n) is 3.43. The van der Waals surface area contributed by atoms with Crippen LogP contribution in [0.1, 0.15) is 0 Å². The molecule has 0 saturated heterocycles. The Balaban J connectivity index is 1.99. The van der Waals surface area contributed by atoms with Crippen molar-refractivity contribution in [2.75, 3.05) is 24.3 Å². The Morgan fingerprint density at radius 3 is 2.40 bits per heavy atom. The van der Waals surface area contributed by atoms with Gasteiger partial charge in [0.1, 0.15) is 0 Å². The highest BCUT2D eigenvalue weighted by Gasteiger charge is 2.02. The molecule has 0 bridgehead atoms. The second kappa shape index (κ2) is 5.25. The van der Waals surface area contributed by atoms with Gasteiger partial charge in [-0.15, -0.1) is 0 Å². The minimum Gasteiger partial charge on any atom is -0.378 e. The first-order valence-corrected chi connectivity index (χ1v) is 6.76. The first kappa shape index (κ1) is 12.5. The van der Waals surface area contributed by atoms with Gasteiger partial charge in [-0.05, 0) is 29.7 Å². The third-order valence-corrected chi connectivity index (χ3v) is 3.43. The van der Waals surface area contributed by atoms with E-state index in [9.17, 15) is 0 Å². The standard InChI is InChI=1S/C18H18N2/c1-20(2)16-10-6-9-15(13-16)19-18-12-5-8-14-7-3-4-11-17(14)18/h3-13,19H,1-2H3. The molecule has 0 saturated carbocycles. The minimum absolute atomic E-state index is 1.10. The van der Waals surface area contributed by atoms with E-state index in [0.717, 1.165) is 11.4 Å². The summed E-state index contributed by atoms with van der Waals surface area (Å²) in [6, 6.07) is 23.2. The molecule has 2 nitrogen and oxygen atoms in total. The van der Waals surface area contributed by atoms with E-state index in [1.807, 2.05) is 0 Å². The molecule has 3 rings (SSSR count). The fourth-order valence-corrected chi connectivity index (χ4v) is 2.35. The zero-order chi connectivity index (χ0) is 13.9. The maximum absolute atomic E-state index is 3.52. The lowest BCUT2D eigenvalue weighted by Gasteiger charge is -2.15. The number of anilines is 3. The van der Waals surface area contributed by atoms with E-state index in [1.54, 1.807) is 0 Å². The Morgan fingerprint density at radius 1 is 0.800 bits per heavy atom. The van der Waals surface area contributed by atoms with Crippen LogP contribution < -0.4 is 10.2 Å². The van der Waals surface area contributed by atoms with E-state index in [2.05, 4.69) is 91.0 Å². The van der Waals surface area contributed by atoms with E-state index >= 15 is 0 Å². The Hall–Kier alpha value is -2.48. The van der Waals surface area contributed by atoms with Crippen molar-refractivity contribution in [3.63, 3.8) is 0 Å². The molecule has 0 aliphatic heterocycles. The molecule has 100 valence electrons. The second-order valence-electron chi connectivity index (χ2n) is 5.10. The number of hydrogen-bond donors (Lipinski definition) is 1. The number of benzene rings is 3. The summed E-state index contributed by atoms with van der Waals surface area (Å²) in [6.07, 6.45) is 0. The zero-order valence-corrected chi connectivity index (χ0v) is 11.8. The van der Waals surface area contributed by atoms with Crippen molar-refractivity contribution in [3.8, 4) is 0 Å². The lowest BCUT2D eigenvalue weighted by molar-refractivity contribution is 1.13. The van der Waals surface area contributed by atoms with Gasteiger partial charge in [-0.3, -0.25) is 0 Å². The Morgan fingerprint density at radius 2 is 1.55 bits per heavy atom. The second-order valence-corrected chi connectivity index (χ2v) is 5.10. The summed E-state index contributed by atoms with van der Waals surface area (Å²) in [7, 11) is 4.11. The lowest BCUT2D eigenvalue weighted by atomic mass is 10.1. The monoisotopic (exact) mass is 262 g/mol. The average molecular weight is 262 g/mol. The van der Waals surface area contributed by atoms with Crippen LogP contribution in [-0.2, 0) is 0 Å². The van der Waals surface area contributed by atoms with Crippen molar-refractivity contribution in [1.82, 2.24) is 0 Å². The highest BCUT2D eigenvalue weighted by Crippen LogP contribution is 2.27. The van der Waals surface area contributed by atoms with Crippen molar-refractivity contribution < 1.29 is 0 Å².